The van der Waals surface area contributed by atoms with Crippen LogP contribution in [0.15, 0.2) is 47.6 Å². The molecule has 0 heterocycles. The van der Waals surface area contributed by atoms with Gasteiger partial charge in [0, 0.05) is 29.6 Å². The number of hydrazone groups is 1. The van der Waals surface area contributed by atoms with Crippen LogP contribution in [0.25, 0.3) is 0 Å². The van der Waals surface area contributed by atoms with Crippen LogP contribution in [0.1, 0.15) is 31.4 Å². The zero-order valence-electron chi connectivity index (χ0n) is 14.7. The standard InChI is InChI=1S/C19H29N5/c1-4-16(8-11-24-23-10-5-9-20)19(22)17-13-15(12-14(2)3)6-7-18(17)21/h4,6-8,11,13-14,22-23H,1,5,9-10,12,20-21H2,2-3H3/b16-8+,22-19?,24-11-. The van der Waals surface area contributed by atoms with Crippen molar-refractivity contribution in [2.24, 2.45) is 16.8 Å². The van der Waals surface area contributed by atoms with E-state index in [1.807, 2.05) is 18.2 Å². The first-order valence-corrected chi connectivity index (χ1v) is 8.26. The van der Waals surface area contributed by atoms with Crippen LogP contribution >= 0.6 is 0 Å². The fourth-order valence-electron chi connectivity index (χ4n) is 2.24. The highest BCUT2D eigenvalue weighted by atomic mass is 15.3. The Labute approximate surface area is 145 Å². The maximum atomic E-state index is 8.44. The Kier molecular flexibility index (Phi) is 8.50. The molecule has 0 aliphatic carbocycles. The summed E-state index contributed by atoms with van der Waals surface area (Å²) in [6, 6.07) is 5.88. The number of nitrogens with two attached hydrogens (primary N) is 2. The smallest absolute Gasteiger partial charge is 0.0705 e. The van der Waals surface area contributed by atoms with Crippen LogP contribution in [0.5, 0.6) is 0 Å². The Morgan fingerprint density at radius 1 is 1.42 bits per heavy atom. The molecular formula is C19H29N5. The third-order valence-corrected chi connectivity index (χ3v) is 3.45. The van der Waals surface area contributed by atoms with Gasteiger partial charge in [-0.15, -0.1) is 0 Å². The van der Waals surface area contributed by atoms with Gasteiger partial charge in [0.25, 0.3) is 0 Å². The lowest BCUT2D eigenvalue weighted by molar-refractivity contribution is 0.647. The molecule has 1 rings (SSSR count). The van der Waals surface area contributed by atoms with E-state index in [9.17, 15) is 0 Å². The summed E-state index contributed by atoms with van der Waals surface area (Å²) >= 11 is 0. The van der Waals surface area contributed by atoms with Gasteiger partial charge in [-0.3, -0.25) is 5.41 Å². The van der Waals surface area contributed by atoms with Crippen molar-refractivity contribution in [1.29, 1.82) is 5.41 Å². The zero-order chi connectivity index (χ0) is 17.9. The van der Waals surface area contributed by atoms with Gasteiger partial charge in [-0.1, -0.05) is 32.6 Å². The van der Waals surface area contributed by atoms with E-state index in [1.54, 1.807) is 18.4 Å². The van der Waals surface area contributed by atoms with Gasteiger partial charge in [0.1, 0.15) is 0 Å². The van der Waals surface area contributed by atoms with Crippen LogP contribution in [0.4, 0.5) is 5.69 Å². The molecule has 0 fully saturated rings. The first kappa shape index (κ1) is 19.6. The highest BCUT2D eigenvalue weighted by Gasteiger charge is 2.10. The van der Waals surface area contributed by atoms with Crippen molar-refractivity contribution in [2.45, 2.75) is 26.7 Å². The molecule has 5 nitrogen and oxygen atoms in total. The summed E-state index contributed by atoms with van der Waals surface area (Å²) in [5, 5.41) is 12.5. The Morgan fingerprint density at radius 2 is 2.17 bits per heavy atom. The third-order valence-electron chi connectivity index (χ3n) is 3.45. The van der Waals surface area contributed by atoms with Crippen molar-refractivity contribution in [2.75, 3.05) is 18.8 Å². The fraction of sp³-hybridized carbons (Fsp3) is 0.368. The molecule has 0 bridgehead atoms. The molecule has 0 aliphatic heterocycles. The summed E-state index contributed by atoms with van der Waals surface area (Å²) in [5.41, 5.74) is 17.9. The van der Waals surface area contributed by atoms with E-state index in [0.29, 0.717) is 29.4 Å². The van der Waals surface area contributed by atoms with Crippen LogP contribution in [0, 0.1) is 11.3 Å². The first-order valence-electron chi connectivity index (χ1n) is 8.26. The van der Waals surface area contributed by atoms with Crippen LogP contribution in [-0.4, -0.2) is 25.0 Å². The summed E-state index contributed by atoms with van der Waals surface area (Å²) in [6.07, 6.45) is 6.84. The second-order valence-electron chi connectivity index (χ2n) is 6.05. The van der Waals surface area contributed by atoms with Crippen LogP contribution in [-0.2, 0) is 6.42 Å². The average Bonchev–Trinajstić information content (AvgIpc) is 2.55. The van der Waals surface area contributed by atoms with E-state index in [-0.39, 0.29) is 0 Å². The molecule has 6 N–H and O–H groups in total. The van der Waals surface area contributed by atoms with Crippen LogP contribution < -0.4 is 16.9 Å². The lowest BCUT2D eigenvalue weighted by Crippen LogP contribution is -2.12. The number of nitrogens with zero attached hydrogens (tertiary/aromatic N) is 1. The van der Waals surface area contributed by atoms with E-state index in [2.05, 4.69) is 31.0 Å². The minimum absolute atomic E-state index is 0.349. The van der Waals surface area contributed by atoms with E-state index in [1.165, 1.54) is 5.56 Å². The summed E-state index contributed by atoms with van der Waals surface area (Å²) in [7, 11) is 0. The van der Waals surface area contributed by atoms with Gasteiger partial charge in [-0.2, -0.15) is 5.10 Å². The minimum atomic E-state index is 0.349. The number of allylic oxidation sites excluding steroid dienone is 3. The molecule has 1 aromatic rings. The Bertz CT molecular complexity index is 614. The van der Waals surface area contributed by atoms with E-state index < -0.39 is 0 Å². The maximum absolute atomic E-state index is 8.44. The quantitative estimate of drug-likeness (QED) is 0.175. The minimum Gasteiger partial charge on any atom is -0.398 e. The number of rotatable bonds is 10. The zero-order valence-corrected chi connectivity index (χ0v) is 14.7. The van der Waals surface area contributed by atoms with Crippen molar-refractivity contribution in [3.05, 3.63) is 53.6 Å². The molecule has 5 heteroatoms. The van der Waals surface area contributed by atoms with Gasteiger partial charge < -0.3 is 16.9 Å². The Balaban J connectivity index is 2.90. The number of hydrogen-bond acceptors (Lipinski definition) is 5. The molecule has 0 saturated carbocycles. The molecule has 24 heavy (non-hydrogen) atoms. The van der Waals surface area contributed by atoms with Gasteiger partial charge in [0.05, 0.1) is 5.71 Å². The lowest BCUT2D eigenvalue weighted by Gasteiger charge is -2.12. The highest BCUT2D eigenvalue weighted by molar-refractivity contribution is 6.16. The molecule has 0 radical (unpaired) electrons. The van der Waals surface area contributed by atoms with Crippen molar-refractivity contribution in [1.82, 2.24) is 5.43 Å². The SMILES string of the molecule is C=C/C(=C\C=N/NCCCN)C(=N)c1cc(CC(C)C)ccc1N. The summed E-state index contributed by atoms with van der Waals surface area (Å²) in [6.45, 7) is 9.49. The molecule has 0 spiro atoms. The second kappa shape index (κ2) is 10.4. The summed E-state index contributed by atoms with van der Waals surface area (Å²) in [5.74, 6) is 0.553. The second-order valence-corrected chi connectivity index (χ2v) is 6.05. The summed E-state index contributed by atoms with van der Waals surface area (Å²) in [4.78, 5) is 0. The van der Waals surface area contributed by atoms with Crippen molar-refractivity contribution >= 4 is 17.6 Å². The monoisotopic (exact) mass is 327 g/mol. The topological polar surface area (TPSA) is 100 Å². The van der Waals surface area contributed by atoms with Crippen molar-refractivity contribution < 1.29 is 0 Å². The average molecular weight is 327 g/mol. The Morgan fingerprint density at radius 3 is 2.79 bits per heavy atom. The molecule has 1 aromatic carbocycles. The molecular weight excluding hydrogens is 298 g/mol. The van der Waals surface area contributed by atoms with E-state index in [0.717, 1.165) is 24.9 Å². The molecule has 0 atom stereocenters. The molecule has 0 saturated heterocycles. The van der Waals surface area contributed by atoms with Gasteiger partial charge in [-0.25, -0.2) is 0 Å². The summed E-state index contributed by atoms with van der Waals surface area (Å²) < 4.78 is 0. The van der Waals surface area contributed by atoms with Gasteiger partial charge >= 0.3 is 0 Å². The first-order chi connectivity index (χ1) is 11.5. The maximum Gasteiger partial charge on any atom is 0.0705 e. The largest absolute Gasteiger partial charge is 0.398 e. The fourth-order valence-corrected chi connectivity index (χ4v) is 2.24. The van der Waals surface area contributed by atoms with Gasteiger partial charge in [-0.05, 0) is 49.1 Å². The van der Waals surface area contributed by atoms with Crippen LogP contribution in [0.2, 0.25) is 0 Å². The van der Waals surface area contributed by atoms with Crippen LogP contribution in [0.3, 0.4) is 0 Å². The Hall–Kier alpha value is -2.40. The predicted molar refractivity (Wildman–Crippen MR) is 105 cm³/mol. The van der Waals surface area contributed by atoms with Crippen molar-refractivity contribution in [3.63, 3.8) is 0 Å². The predicted octanol–water partition coefficient (Wildman–Crippen LogP) is 2.87. The van der Waals surface area contributed by atoms with E-state index in [4.69, 9.17) is 16.9 Å². The molecule has 0 amide bonds. The lowest BCUT2D eigenvalue weighted by atomic mass is 9.95. The normalized spacial score (nSPS) is 11.9. The van der Waals surface area contributed by atoms with Crippen molar-refractivity contribution in [3.8, 4) is 0 Å². The number of nitrogens with one attached hydrogen (secondary N) is 2. The van der Waals surface area contributed by atoms with E-state index >= 15 is 0 Å². The van der Waals surface area contributed by atoms with Gasteiger partial charge in [0.2, 0.25) is 0 Å². The van der Waals surface area contributed by atoms with Gasteiger partial charge in [0.15, 0.2) is 0 Å². The molecule has 0 unspecified atom stereocenters. The molecule has 0 aromatic heterocycles. The highest BCUT2D eigenvalue weighted by Crippen LogP contribution is 2.20. The number of hydrogen-bond donors (Lipinski definition) is 4. The number of nitrogen functional groups attached to an aromatic ring is 1. The molecule has 0 aliphatic rings. The number of benzene rings is 1. The molecule has 130 valence electrons. The third kappa shape index (κ3) is 6.38. The number of anilines is 1.